The first-order valence-electron chi connectivity index (χ1n) is 7.81. The van der Waals surface area contributed by atoms with Gasteiger partial charge in [0, 0.05) is 23.7 Å². The van der Waals surface area contributed by atoms with E-state index >= 15 is 0 Å². The Morgan fingerprint density at radius 2 is 1.95 bits per heavy atom. The van der Waals surface area contributed by atoms with Gasteiger partial charge >= 0.3 is 6.09 Å². The molecular weight excluding hydrogens is 300 g/mol. The van der Waals surface area contributed by atoms with Crippen molar-refractivity contribution in [3.63, 3.8) is 0 Å². The van der Waals surface area contributed by atoms with E-state index in [0.29, 0.717) is 6.54 Å². The predicted octanol–water partition coefficient (Wildman–Crippen LogP) is 3.88. The first-order valence-corrected chi connectivity index (χ1v) is 8.19. The number of ether oxygens (including phenoxy) is 1. The van der Waals surface area contributed by atoms with Crippen molar-refractivity contribution in [1.82, 2.24) is 10.6 Å². The van der Waals surface area contributed by atoms with Crippen LogP contribution in [0.3, 0.4) is 0 Å². The van der Waals surface area contributed by atoms with E-state index < -0.39 is 5.60 Å². The Balaban J connectivity index is 1.86. The van der Waals surface area contributed by atoms with Crippen molar-refractivity contribution >= 4 is 17.7 Å². The molecule has 0 aliphatic heterocycles. The van der Waals surface area contributed by atoms with Gasteiger partial charge in [-0.25, -0.2) is 4.79 Å². The van der Waals surface area contributed by atoms with E-state index in [4.69, 9.17) is 16.3 Å². The molecule has 0 bridgehead atoms. The molecule has 2 unspecified atom stereocenters. The lowest BCUT2D eigenvalue weighted by Crippen LogP contribution is -2.47. The first-order chi connectivity index (χ1) is 10.3. The van der Waals surface area contributed by atoms with Crippen LogP contribution in [0.4, 0.5) is 4.79 Å². The van der Waals surface area contributed by atoms with E-state index in [1.165, 1.54) is 0 Å². The van der Waals surface area contributed by atoms with E-state index in [-0.39, 0.29) is 18.2 Å². The molecule has 1 aromatic carbocycles. The van der Waals surface area contributed by atoms with Crippen LogP contribution in [0.25, 0.3) is 0 Å². The van der Waals surface area contributed by atoms with Crippen molar-refractivity contribution in [1.29, 1.82) is 0 Å². The summed E-state index contributed by atoms with van der Waals surface area (Å²) in [5, 5.41) is 7.25. The van der Waals surface area contributed by atoms with Gasteiger partial charge in [0.05, 0.1) is 0 Å². The molecule has 122 valence electrons. The van der Waals surface area contributed by atoms with Gasteiger partial charge in [-0.15, -0.1) is 0 Å². The quantitative estimate of drug-likeness (QED) is 0.883. The van der Waals surface area contributed by atoms with Gasteiger partial charge in [0.1, 0.15) is 5.60 Å². The fraction of sp³-hybridized carbons (Fsp3) is 0.588. The molecule has 2 atom stereocenters. The van der Waals surface area contributed by atoms with Crippen LogP contribution < -0.4 is 10.6 Å². The molecule has 1 amide bonds. The Labute approximate surface area is 137 Å². The number of halogens is 1. The normalized spacial score (nSPS) is 21.6. The molecule has 1 aliphatic carbocycles. The van der Waals surface area contributed by atoms with E-state index in [1.54, 1.807) is 0 Å². The maximum Gasteiger partial charge on any atom is 0.407 e. The number of amides is 1. The van der Waals surface area contributed by atoms with Crippen LogP contribution in [-0.4, -0.2) is 23.8 Å². The number of rotatable bonds is 4. The Hall–Kier alpha value is -1.26. The van der Waals surface area contributed by atoms with Gasteiger partial charge in [0.25, 0.3) is 0 Å². The predicted molar refractivity (Wildman–Crippen MR) is 89.1 cm³/mol. The summed E-state index contributed by atoms with van der Waals surface area (Å²) in [4.78, 5) is 11.9. The van der Waals surface area contributed by atoms with Crippen LogP contribution in [0.5, 0.6) is 0 Å². The molecule has 0 aromatic heterocycles. The van der Waals surface area contributed by atoms with Crippen LogP contribution in [0.2, 0.25) is 5.02 Å². The molecular formula is C17H25ClN2O2. The molecule has 2 N–H and O–H groups in total. The number of alkyl carbamates (subject to hydrolysis) is 1. The summed E-state index contributed by atoms with van der Waals surface area (Å²) in [5.41, 5.74) is 0.607. The van der Waals surface area contributed by atoms with Gasteiger partial charge in [0.2, 0.25) is 0 Å². The SMILES string of the molecule is CC(C)(C)OC(=O)NC1CCCC1NCc1ccccc1Cl. The zero-order valence-electron chi connectivity index (χ0n) is 13.5. The van der Waals surface area contributed by atoms with E-state index in [9.17, 15) is 4.79 Å². The number of carbonyl (C=O) groups is 1. The van der Waals surface area contributed by atoms with Crippen molar-refractivity contribution in [2.24, 2.45) is 0 Å². The maximum absolute atomic E-state index is 11.9. The summed E-state index contributed by atoms with van der Waals surface area (Å²) < 4.78 is 5.33. The maximum atomic E-state index is 11.9. The molecule has 1 fully saturated rings. The highest BCUT2D eigenvalue weighted by Crippen LogP contribution is 2.21. The average Bonchev–Trinajstić information content (AvgIpc) is 2.83. The van der Waals surface area contributed by atoms with Crippen LogP contribution in [0.1, 0.15) is 45.6 Å². The Morgan fingerprint density at radius 3 is 2.64 bits per heavy atom. The highest BCUT2D eigenvalue weighted by molar-refractivity contribution is 6.31. The zero-order valence-corrected chi connectivity index (χ0v) is 14.2. The molecule has 0 saturated heterocycles. The largest absolute Gasteiger partial charge is 0.444 e. The molecule has 2 rings (SSSR count). The van der Waals surface area contributed by atoms with Gasteiger partial charge in [-0.2, -0.15) is 0 Å². The summed E-state index contributed by atoms with van der Waals surface area (Å²) in [7, 11) is 0. The highest BCUT2D eigenvalue weighted by Gasteiger charge is 2.29. The molecule has 22 heavy (non-hydrogen) atoms. The Morgan fingerprint density at radius 1 is 1.27 bits per heavy atom. The minimum absolute atomic E-state index is 0.109. The molecule has 0 heterocycles. The molecule has 1 aromatic rings. The first kappa shape index (κ1) is 17.1. The summed E-state index contributed by atoms with van der Waals surface area (Å²) >= 11 is 6.17. The van der Waals surface area contributed by atoms with Crippen molar-refractivity contribution in [3.8, 4) is 0 Å². The average molecular weight is 325 g/mol. The molecule has 4 nitrogen and oxygen atoms in total. The number of nitrogens with one attached hydrogen (secondary N) is 2. The highest BCUT2D eigenvalue weighted by atomic mass is 35.5. The number of carbonyl (C=O) groups excluding carboxylic acids is 1. The van der Waals surface area contributed by atoms with Gasteiger partial charge in [-0.05, 0) is 51.7 Å². The molecule has 0 radical (unpaired) electrons. The van der Waals surface area contributed by atoms with Gasteiger partial charge in [-0.3, -0.25) is 0 Å². The van der Waals surface area contributed by atoms with E-state index in [1.807, 2.05) is 45.0 Å². The van der Waals surface area contributed by atoms with Gasteiger partial charge in [0.15, 0.2) is 0 Å². The van der Waals surface area contributed by atoms with Crippen molar-refractivity contribution < 1.29 is 9.53 Å². The molecule has 5 heteroatoms. The fourth-order valence-corrected chi connectivity index (χ4v) is 2.92. The second kappa shape index (κ2) is 7.34. The lowest BCUT2D eigenvalue weighted by atomic mass is 10.1. The third kappa shape index (κ3) is 5.18. The Bertz CT molecular complexity index is 514. The Kier molecular flexibility index (Phi) is 5.70. The molecule has 1 saturated carbocycles. The summed E-state index contributed by atoms with van der Waals surface area (Å²) in [6.45, 7) is 6.31. The van der Waals surface area contributed by atoms with Crippen LogP contribution in [-0.2, 0) is 11.3 Å². The zero-order chi connectivity index (χ0) is 16.2. The second-order valence-corrected chi connectivity index (χ2v) is 7.17. The number of hydrogen-bond donors (Lipinski definition) is 2. The van der Waals surface area contributed by atoms with Gasteiger partial charge < -0.3 is 15.4 Å². The smallest absolute Gasteiger partial charge is 0.407 e. The summed E-state index contributed by atoms with van der Waals surface area (Å²) in [5.74, 6) is 0. The van der Waals surface area contributed by atoms with Crippen molar-refractivity contribution in [3.05, 3.63) is 34.9 Å². The number of hydrogen-bond acceptors (Lipinski definition) is 3. The van der Waals surface area contributed by atoms with E-state index in [2.05, 4.69) is 10.6 Å². The lowest BCUT2D eigenvalue weighted by molar-refractivity contribution is 0.0498. The minimum Gasteiger partial charge on any atom is -0.444 e. The van der Waals surface area contributed by atoms with Crippen LogP contribution in [0.15, 0.2) is 24.3 Å². The van der Waals surface area contributed by atoms with Crippen molar-refractivity contribution in [2.45, 2.75) is 64.3 Å². The van der Waals surface area contributed by atoms with Gasteiger partial charge in [-0.1, -0.05) is 29.8 Å². The van der Waals surface area contributed by atoms with Crippen LogP contribution >= 0.6 is 11.6 Å². The van der Waals surface area contributed by atoms with Crippen molar-refractivity contribution in [2.75, 3.05) is 0 Å². The van der Waals surface area contributed by atoms with E-state index in [0.717, 1.165) is 29.8 Å². The third-order valence-electron chi connectivity index (χ3n) is 3.73. The monoisotopic (exact) mass is 324 g/mol. The fourth-order valence-electron chi connectivity index (χ4n) is 2.72. The lowest BCUT2D eigenvalue weighted by Gasteiger charge is -2.25. The number of benzene rings is 1. The minimum atomic E-state index is -0.469. The summed E-state index contributed by atoms with van der Waals surface area (Å²) in [6.07, 6.45) is 2.77. The standard InChI is InChI=1S/C17H25ClN2O2/c1-17(2,3)22-16(21)20-15-10-6-9-14(15)19-11-12-7-4-5-8-13(12)18/h4-5,7-8,14-15,19H,6,9-11H2,1-3H3,(H,20,21). The summed E-state index contributed by atoms with van der Waals surface area (Å²) in [6, 6.07) is 8.17. The molecule has 1 aliphatic rings. The molecule has 0 spiro atoms. The second-order valence-electron chi connectivity index (χ2n) is 6.76. The topological polar surface area (TPSA) is 50.4 Å². The van der Waals surface area contributed by atoms with Crippen LogP contribution in [0, 0.1) is 0 Å². The third-order valence-corrected chi connectivity index (χ3v) is 4.10.